The van der Waals surface area contributed by atoms with Gasteiger partial charge in [0.15, 0.2) is 5.69 Å². The summed E-state index contributed by atoms with van der Waals surface area (Å²) in [5, 5.41) is 8.85. The Bertz CT molecular complexity index is 1240. The first-order valence-electron chi connectivity index (χ1n) is 13.0. The van der Waals surface area contributed by atoms with Gasteiger partial charge in [-0.15, -0.1) is 11.8 Å². The van der Waals surface area contributed by atoms with E-state index in [1.807, 2.05) is 29.5 Å². The van der Waals surface area contributed by atoms with Crippen LogP contribution in [0.15, 0.2) is 41.4 Å². The van der Waals surface area contributed by atoms with Gasteiger partial charge in [0, 0.05) is 31.2 Å². The van der Waals surface area contributed by atoms with Crippen molar-refractivity contribution in [3.05, 3.63) is 64.0 Å². The molecule has 3 aliphatic rings. The first-order chi connectivity index (χ1) is 18.1. The number of carbonyl (C=O) groups is 2. The van der Waals surface area contributed by atoms with E-state index in [1.54, 1.807) is 16.7 Å². The predicted molar refractivity (Wildman–Crippen MR) is 139 cm³/mol. The van der Waals surface area contributed by atoms with E-state index in [9.17, 15) is 22.8 Å². The lowest BCUT2D eigenvalue weighted by Gasteiger charge is -2.38. The normalized spacial score (nSPS) is 22.3. The van der Waals surface area contributed by atoms with Crippen LogP contribution in [0.3, 0.4) is 0 Å². The molecule has 0 spiro atoms. The third-order valence-electron chi connectivity index (χ3n) is 7.84. The molecule has 1 aliphatic carbocycles. The number of piperidine rings is 1. The number of halogens is 3. The van der Waals surface area contributed by atoms with Crippen molar-refractivity contribution in [2.45, 2.75) is 63.2 Å². The molecule has 2 aromatic rings. The molecule has 11 heteroatoms. The van der Waals surface area contributed by atoms with Crippen LogP contribution in [0, 0.1) is 12.8 Å². The smallest absolute Gasteiger partial charge is 0.357 e. The Morgan fingerprint density at radius 3 is 2.61 bits per heavy atom. The number of amides is 2. The summed E-state index contributed by atoms with van der Waals surface area (Å²) in [4.78, 5) is 29.7. The van der Waals surface area contributed by atoms with Crippen molar-refractivity contribution in [3.63, 3.8) is 0 Å². The molecule has 7 nitrogen and oxygen atoms in total. The van der Waals surface area contributed by atoms with Crippen molar-refractivity contribution in [1.29, 1.82) is 0 Å². The van der Waals surface area contributed by atoms with E-state index in [4.69, 9.17) is 0 Å². The first-order valence-corrected chi connectivity index (χ1v) is 13.9. The van der Waals surface area contributed by atoms with Gasteiger partial charge in [-0.1, -0.05) is 24.3 Å². The largest absolute Gasteiger partial charge is 0.435 e. The second-order valence-corrected chi connectivity index (χ2v) is 11.3. The topological polar surface area (TPSA) is 70.5 Å². The number of alkyl halides is 3. The highest BCUT2D eigenvalue weighted by atomic mass is 32.2. The zero-order chi connectivity index (χ0) is 27.0. The van der Waals surface area contributed by atoms with E-state index in [1.165, 1.54) is 18.1 Å². The zero-order valence-corrected chi connectivity index (χ0v) is 22.3. The number of nitrogens with zero attached hydrogens (tertiary/aromatic N) is 4. The Labute approximate surface area is 224 Å². The predicted octanol–water partition coefficient (Wildman–Crippen LogP) is 4.49. The monoisotopic (exact) mass is 547 g/mol. The Balaban J connectivity index is 1.13. The second-order valence-electron chi connectivity index (χ2n) is 10.3. The number of likely N-dealkylation sites (tertiary alicyclic amines) is 1. The maximum Gasteiger partial charge on any atom is 0.435 e. The highest BCUT2D eigenvalue weighted by molar-refractivity contribution is 8.03. The van der Waals surface area contributed by atoms with Crippen molar-refractivity contribution >= 4 is 23.6 Å². The molecular formula is C27H32F3N5O2S. The van der Waals surface area contributed by atoms with Crippen LogP contribution in [0.5, 0.6) is 0 Å². The second kappa shape index (κ2) is 10.7. The Kier molecular flexibility index (Phi) is 7.48. The van der Waals surface area contributed by atoms with Crippen LogP contribution >= 0.6 is 11.8 Å². The van der Waals surface area contributed by atoms with Gasteiger partial charge in [-0.25, -0.2) is 0 Å². The number of hydrogen-bond acceptors (Lipinski definition) is 5. The number of rotatable bonds is 5. The average Bonchev–Trinajstić information content (AvgIpc) is 3.46. The lowest BCUT2D eigenvalue weighted by Crippen LogP contribution is -2.45. The van der Waals surface area contributed by atoms with Gasteiger partial charge in [-0.05, 0) is 62.1 Å². The number of likely N-dealkylation sites (N-methyl/N-ethyl adjacent to an activating group) is 1. The third-order valence-corrected chi connectivity index (χ3v) is 9.18. The number of hydrogen-bond donors (Lipinski definition) is 1. The number of carbonyl (C=O) groups excluding carboxylic acids is 2. The van der Waals surface area contributed by atoms with Crippen molar-refractivity contribution in [2.24, 2.45) is 5.92 Å². The van der Waals surface area contributed by atoms with Gasteiger partial charge in [0.05, 0.1) is 11.4 Å². The van der Waals surface area contributed by atoms with E-state index >= 15 is 0 Å². The molecular weight excluding hydrogens is 515 g/mol. The van der Waals surface area contributed by atoms with Gasteiger partial charge in [0.1, 0.15) is 12.2 Å². The number of aromatic nitrogens is 2. The quantitative estimate of drug-likeness (QED) is 0.598. The number of benzene rings is 1. The van der Waals surface area contributed by atoms with E-state index in [0.29, 0.717) is 24.5 Å². The van der Waals surface area contributed by atoms with Gasteiger partial charge in [-0.3, -0.25) is 14.3 Å². The van der Waals surface area contributed by atoms with Gasteiger partial charge >= 0.3 is 6.18 Å². The van der Waals surface area contributed by atoms with Crippen molar-refractivity contribution in [3.8, 4) is 0 Å². The molecule has 204 valence electrons. The van der Waals surface area contributed by atoms with Crippen LogP contribution in [-0.2, 0) is 28.7 Å². The standard InChI is InChI=1S/C27H32F3N5O2S/c1-17-14-23(27(28,29)30)32-35(17)15-24(36)34-12-10-19(11-13-34)26-33(2)22(16-38-26)25(37)31-21-9-5-7-18-6-3-4-8-20(18)21/h3-4,6,8,14,16,19,21,26H,5,7,9-13,15H2,1-2H3,(H,31,37). The molecule has 2 aliphatic heterocycles. The molecule has 0 saturated carbocycles. The molecule has 3 heterocycles. The number of aryl methyl sites for hydroxylation is 2. The Morgan fingerprint density at radius 1 is 1.16 bits per heavy atom. The number of thioether (sulfide) groups is 1. The Morgan fingerprint density at radius 2 is 1.89 bits per heavy atom. The molecule has 1 aromatic carbocycles. The summed E-state index contributed by atoms with van der Waals surface area (Å²) < 4.78 is 40.0. The lowest BCUT2D eigenvalue weighted by atomic mass is 9.87. The van der Waals surface area contributed by atoms with E-state index in [0.717, 1.165) is 42.9 Å². The van der Waals surface area contributed by atoms with Gasteiger partial charge in [-0.2, -0.15) is 18.3 Å². The fraction of sp³-hybridized carbons (Fsp3) is 0.519. The average molecular weight is 548 g/mol. The maximum absolute atomic E-state index is 13.2. The highest BCUT2D eigenvalue weighted by Gasteiger charge is 2.38. The van der Waals surface area contributed by atoms with Gasteiger partial charge < -0.3 is 15.1 Å². The van der Waals surface area contributed by atoms with Gasteiger partial charge in [0.25, 0.3) is 5.91 Å². The summed E-state index contributed by atoms with van der Waals surface area (Å²) in [6.07, 6.45) is 0.0115. The van der Waals surface area contributed by atoms with Crippen molar-refractivity contribution < 1.29 is 22.8 Å². The zero-order valence-electron chi connectivity index (χ0n) is 21.5. The molecule has 38 heavy (non-hydrogen) atoms. The summed E-state index contributed by atoms with van der Waals surface area (Å²) >= 11 is 1.64. The van der Waals surface area contributed by atoms with E-state index in [-0.39, 0.29) is 35.7 Å². The van der Waals surface area contributed by atoms with E-state index in [2.05, 4.69) is 22.5 Å². The summed E-state index contributed by atoms with van der Waals surface area (Å²) in [6, 6.07) is 9.27. The lowest BCUT2D eigenvalue weighted by molar-refractivity contribution is -0.142. The molecule has 0 bridgehead atoms. The maximum atomic E-state index is 13.2. The van der Waals surface area contributed by atoms with Crippen LogP contribution in [0.25, 0.3) is 0 Å². The fourth-order valence-electron chi connectivity index (χ4n) is 5.69. The number of fused-ring (bicyclic) bond motifs is 1. The molecule has 1 N–H and O–H groups in total. The van der Waals surface area contributed by atoms with Crippen LogP contribution in [0.1, 0.15) is 54.2 Å². The summed E-state index contributed by atoms with van der Waals surface area (Å²) in [5.41, 5.74) is 2.49. The van der Waals surface area contributed by atoms with E-state index < -0.39 is 11.9 Å². The molecule has 2 atom stereocenters. The fourth-order valence-corrected chi connectivity index (χ4v) is 7.03. The molecule has 5 rings (SSSR count). The molecule has 2 amide bonds. The first kappa shape index (κ1) is 26.6. The van der Waals surface area contributed by atoms with Gasteiger partial charge in [0.2, 0.25) is 5.91 Å². The van der Waals surface area contributed by atoms with Crippen LogP contribution in [0.2, 0.25) is 0 Å². The van der Waals surface area contributed by atoms with Crippen LogP contribution in [-0.4, -0.2) is 56.9 Å². The number of nitrogens with one attached hydrogen (secondary N) is 1. The summed E-state index contributed by atoms with van der Waals surface area (Å²) in [6.45, 7) is 2.37. The minimum Gasteiger partial charge on any atom is -0.357 e. The molecule has 1 saturated heterocycles. The third kappa shape index (κ3) is 5.43. The molecule has 0 radical (unpaired) electrons. The molecule has 1 aromatic heterocycles. The summed E-state index contributed by atoms with van der Waals surface area (Å²) in [7, 11) is 1.95. The minimum atomic E-state index is -4.53. The van der Waals surface area contributed by atoms with Crippen LogP contribution in [0.4, 0.5) is 13.2 Å². The van der Waals surface area contributed by atoms with Crippen molar-refractivity contribution in [2.75, 3.05) is 20.1 Å². The van der Waals surface area contributed by atoms with Crippen LogP contribution < -0.4 is 5.32 Å². The summed E-state index contributed by atoms with van der Waals surface area (Å²) in [5.74, 6) is -0.0133. The highest BCUT2D eigenvalue weighted by Crippen LogP contribution is 2.39. The SMILES string of the molecule is Cc1cc(C(F)(F)F)nn1CC(=O)N1CCC(C2SC=C(C(=O)NC3CCCc4ccccc43)N2C)CC1. The Hall–Kier alpha value is -2.95. The van der Waals surface area contributed by atoms with Crippen molar-refractivity contribution in [1.82, 2.24) is 24.9 Å². The minimum absolute atomic E-state index is 0.0192. The molecule has 2 unspecified atom stereocenters. The molecule has 1 fully saturated rings.